The van der Waals surface area contributed by atoms with Crippen molar-refractivity contribution in [3.8, 4) is 6.07 Å². The summed E-state index contributed by atoms with van der Waals surface area (Å²) >= 11 is 1.24. The number of hydrogen-bond donors (Lipinski definition) is 1. The van der Waals surface area contributed by atoms with Crippen molar-refractivity contribution < 1.29 is 9.53 Å². The molecule has 0 saturated heterocycles. The maximum atomic E-state index is 11.9. The number of nitrogens with one attached hydrogen (secondary N) is 1. The smallest absolute Gasteiger partial charge is 0.358 e. The van der Waals surface area contributed by atoms with E-state index in [1.807, 2.05) is 6.07 Å². The van der Waals surface area contributed by atoms with Gasteiger partial charge in [0.15, 0.2) is 16.5 Å². The van der Waals surface area contributed by atoms with Gasteiger partial charge in [-0.2, -0.15) is 20.0 Å². The molecule has 0 aliphatic carbocycles. The van der Waals surface area contributed by atoms with Gasteiger partial charge in [-0.25, -0.2) is 14.6 Å². The average Bonchev–Trinajstić information content (AvgIpc) is 3.15. The third-order valence-corrected chi connectivity index (χ3v) is 4.11. The zero-order valence-corrected chi connectivity index (χ0v) is 13.5. The lowest BCUT2D eigenvalue weighted by molar-refractivity contribution is 0.0593. The van der Waals surface area contributed by atoms with Gasteiger partial charge in [-0.05, 0) is 6.07 Å². The van der Waals surface area contributed by atoms with Crippen LogP contribution in [0.1, 0.15) is 21.7 Å². The summed E-state index contributed by atoms with van der Waals surface area (Å²) in [6.45, 7) is 0. The molecule has 11 heteroatoms. The van der Waals surface area contributed by atoms with Gasteiger partial charge in [0.25, 0.3) is 0 Å². The van der Waals surface area contributed by atoms with Crippen LogP contribution in [-0.4, -0.2) is 42.4 Å². The van der Waals surface area contributed by atoms with Crippen molar-refractivity contribution in [2.45, 2.75) is 10.9 Å². The molecular formula is C13H11N7O3S. The second kappa shape index (κ2) is 6.17. The summed E-state index contributed by atoms with van der Waals surface area (Å²) in [6, 6.07) is 3.54. The predicted octanol–water partition coefficient (Wildman–Crippen LogP) is 0.102. The lowest BCUT2D eigenvalue weighted by Gasteiger charge is -2.02. The number of rotatable bonds is 4. The van der Waals surface area contributed by atoms with Gasteiger partial charge >= 0.3 is 11.7 Å². The summed E-state index contributed by atoms with van der Waals surface area (Å²) in [5.41, 5.74) is 0.886. The topological polar surface area (TPSA) is 131 Å². The number of carbonyl (C=O) groups is 1. The number of hydrogen-bond acceptors (Lipinski definition) is 8. The molecule has 0 spiro atoms. The van der Waals surface area contributed by atoms with E-state index in [9.17, 15) is 9.59 Å². The highest BCUT2D eigenvalue weighted by Gasteiger charge is 2.14. The molecule has 0 amide bonds. The van der Waals surface area contributed by atoms with Gasteiger partial charge in [0.05, 0.1) is 13.3 Å². The standard InChI is InChI=1S/C13H11N7O3S/c1-19-8(3-9(18-19)11(21)23-2)6-24-12-16-10-7(4-14)5-15-20(10)13(22)17-12/h3,5H,6H2,1-2H3,(H,16,17,22). The largest absolute Gasteiger partial charge is 0.464 e. The lowest BCUT2D eigenvalue weighted by Crippen LogP contribution is -2.19. The molecule has 0 aromatic carbocycles. The Labute approximate surface area is 139 Å². The summed E-state index contributed by atoms with van der Waals surface area (Å²) in [7, 11) is 2.99. The van der Waals surface area contributed by atoms with Crippen LogP contribution in [0.3, 0.4) is 0 Å². The molecule has 10 nitrogen and oxygen atoms in total. The Kier molecular flexibility index (Phi) is 4.05. The zero-order valence-electron chi connectivity index (χ0n) is 12.7. The van der Waals surface area contributed by atoms with E-state index in [2.05, 4.69) is 24.9 Å². The van der Waals surface area contributed by atoms with E-state index in [0.717, 1.165) is 10.2 Å². The minimum absolute atomic E-state index is 0.198. The van der Waals surface area contributed by atoms with E-state index >= 15 is 0 Å². The second-order valence-electron chi connectivity index (χ2n) is 4.68. The molecular weight excluding hydrogens is 334 g/mol. The normalized spacial score (nSPS) is 10.7. The molecule has 122 valence electrons. The Hall–Kier alpha value is -3.13. The Morgan fingerprint density at radius 2 is 2.33 bits per heavy atom. The number of ether oxygens (including phenoxy) is 1. The fourth-order valence-electron chi connectivity index (χ4n) is 2.00. The second-order valence-corrected chi connectivity index (χ2v) is 5.64. The number of thioether (sulfide) groups is 1. The van der Waals surface area contributed by atoms with Crippen LogP contribution in [0.4, 0.5) is 0 Å². The monoisotopic (exact) mass is 345 g/mol. The van der Waals surface area contributed by atoms with Crippen LogP contribution < -0.4 is 5.69 Å². The van der Waals surface area contributed by atoms with Crippen molar-refractivity contribution >= 4 is 23.4 Å². The molecule has 0 radical (unpaired) electrons. The highest BCUT2D eigenvalue weighted by molar-refractivity contribution is 7.98. The van der Waals surface area contributed by atoms with Crippen LogP contribution >= 0.6 is 11.8 Å². The Morgan fingerprint density at radius 3 is 3.04 bits per heavy atom. The molecule has 24 heavy (non-hydrogen) atoms. The molecule has 0 fully saturated rings. The van der Waals surface area contributed by atoms with E-state index in [0.29, 0.717) is 10.9 Å². The average molecular weight is 345 g/mol. The van der Waals surface area contributed by atoms with Gasteiger partial charge in [0, 0.05) is 18.5 Å². The van der Waals surface area contributed by atoms with E-state index in [4.69, 9.17) is 5.26 Å². The van der Waals surface area contributed by atoms with Crippen LogP contribution in [0.2, 0.25) is 0 Å². The Morgan fingerprint density at radius 1 is 1.54 bits per heavy atom. The van der Waals surface area contributed by atoms with Gasteiger partial charge in [-0.1, -0.05) is 11.8 Å². The number of nitrogens with zero attached hydrogens (tertiary/aromatic N) is 6. The van der Waals surface area contributed by atoms with E-state index in [1.165, 1.54) is 25.1 Å². The van der Waals surface area contributed by atoms with Crippen LogP contribution in [-0.2, 0) is 17.5 Å². The van der Waals surface area contributed by atoms with Crippen molar-refractivity contribution in [2.24, 2.45) is 7.05 Å². The molecule has 3 aromatic rings. The van der Waals surface area contributed by atoms with Gasteiger partial charge < -0.3 is 4.74 Å². The number of aromatic amines is 1. The van der Waals surface area contributed by atoms with Gasteiger partial charge in [-0.15, -0.1) is 0 Å². The number of esters is 1. The van der Waals surface area contributed by atoms with Crippen molar-refractivity contribution in [3.05, 3.63) is 39.7 Å². The minimum Gasteiger partial charge on any atom is -0.464 e. The summed E-state index contributed by atoms with van der Waals surface area (Å²) in [6.07, 6.45) is 1.29. The first-order valence-electron chi connectivity index (χ1n) is 6.65. The number of aromatic nitrogens is 6. The summed E-state index contributed by atoms with van der Waals surface area (Å²) in [5, 5.41) is 17.2. The maximum absolute atomic E-state index is 11.9. The van der Waals surface area contributed by atoms with Gasteiger partial charge in [0.2, 0.25) is 0 Å². The molecule has 0 aliphatic rings. The number of methoxy groups -OCH3 is 1. The van der Waals surface area contributed by atoms with Crippen molar-refractivity contribution in [3.63, 3.8) is 0 Å². The maximum Gasteiger partial charge on any atom is 0.358 e. The third kappa shape index (κ3) is 2.74. The fraction of sp³-hybridized carbons (Fsp3) is 0.231. The zero-order chi connectivity index (χ0) is 17.3. The van der Waals surface area contributed by atoms with Gasteiger partial charge in [-0.3, -0.25) is 9.67 Å². The predicted molar refractivity (Wildman–Crippen MR) is 82.4 cm³/mol. The van der Waals surface area contributed by atoms with Crippen LogP contribution in [0.15, 0.2) is 22.2 Å². The Bertz CT molecular complexity index is 1030. The van der Waals surface area contributed by atoms with Crippen molar-refractivity contribution in [1.29, 1.82) is 5.26 Å². The number of fused-ring (bicyclic) bond motifs is 1. The highest BCUT2D eigenvalue weighted by Crippen LogP contribution is 2.19. The molecule has 3 aromatic heterocycles. The first kappa shape index (κ1) is 15.8. The first-order valence-corrected chi connectivity index (χ1v) is 7.64. The molecule has 0 bridgehead atoms. The molecule has 0 saturated carbocycles. The molecule has 0 aliphatic heterocycles. The van der Waals surface area contributed by atoms with E-state index in [-0.39, 0.29) is 16.9 Å². The van der Waals surface area contributed by atoms with Crippen LogP contribution in [0.5, 0.6) is 0 Å². The summed E-state index contributed by atoms with van der Waals surface area (Å²) in [4.78, 5) is 30.2. The van der Waals surface area contributed by atoms with Crippen molar-refractivity contribution in [1.82, 2.24) is 29.4 Å². The fourth-order valence-corrected chi connectivity index (χ4v) is 2.87. The number of H-pyrrole nitrogens is 1. The summed E-state index contributed by atoms with van der Waals surface area (Å²) < 4.78 is 7.21. The molecule has 1 N–H and O–H groups in total. The summed E-state index contributed by atoms with van der Waals surface area (Å²) in [5.74, 6) is -0.108. The molecule has 3 rings (SSSR count). The SMILES string of the molecule is COC(=O)c1cc(CSc2nc3c(C#N)cnn3c(=O)[nH]2)n(C)n1. The van der Waals surface area contributed by atoms with Crippen LogP contribution in [0, 0.1) is 11.3 Å². The van der Waals surface area contributed by atoms with Gasteiger partial charge in [0.1, 0.15) is 11.6 Å². The highest BCUT2D eigenvalue weighted by atomic mass is 32.2. The van der Waals surface area contributed by atoms with Crippen LogP contribution in [0.25, 0.3) is 5.65 Å². The van der Waals surface area contributed by atoms with E-state index in [1.54, 1.807) is 17.8 Å². The van der Waals surface area contributed by atoms with Crippen molar-refractivity contribution in [2.75, 3.05) is 7.11 Å². The third-order valence-electron chi connectivity index (χ3n) is 3.21. The Balaban J connectivity index is 1.86. The number of nitriles is 1. The number of carbonyl (C=O) groups excluding carboxylic acids is 1. The molecule has 0 atom stereocenters. The number of aryl methyl sites for hydroxylation is 1. The first-order chi connectivity index (χ1) is 11.5. The molecule has 0 unspecified atom stereocenters. The molecule has 3 heterocycles. The van der Waals surface area contributed by atoms with E-state index < -0.39 is 11.7 Å². The lowest BCUT2D eigenvalue weighted by atomic mass is 10.4. The quantitative estimate of drug-likeness (QED) is 0.520. The minimum atomic E-state index is -0.521.